The first-order valence-electron chi connectivity index (χ1n) is 5.34. The molecule has 0 aliphatic heterocycles. The van der Waals surface area contributed by atoms with Crippen LogP contribution in [0.4, 0.5) is 8.78 Å². The van der Waals surface area contributed by atoms with Gasteiger partial charge in [0.05, 0.1) is 6.04 Å². The van der Waals surface area contributed by atoms with Crippen LogP contribution in [-0.2, 0) is 0 Å². The Hall–Kier alpha value is -1.74. The number of halogens is 2. The van der Waals surface area contributed by atoms with Gasteiger partial charge in [0.15, 0.2) is 0 Å². The first-order valence-corrected chi connectivity index (χ1v) is 5.34. The van der Waals surface area contributed by atoms with Crippen molar-refractivity contribution in [1.82, 2.24) is 0 Å². The van der Waals surface area contributed by atoms with Crippen LogP contribution in [0.5, 0.6) is 0 Å². The van der Waals surface area contributed by atoms with Crippen molar-refractivity contribution in [1.29, 1.82) is 0 Å². The van der Waals surface area contributed by atoms with Gasteiger partial charge in [0, 0.05) is 6.07 Å². The van der Waals surface area contributed by atoms with Crippen LogP contribution < -0.4 is 5.73 Å². The molecule has 0 aliphatic carbocycles. The number of nitrogens with two attached hydrogens (primary N) is 1. The number of aryl methyl sites for hydroxylation is 1. The maximum absolute atomic E-state index is 13.1. The SMILES string of the molecule is Cc1cccc(C(N)c2cc(F)cc(F)c2)c1. The largest absolute Gasteiger partial charge is 0.320 e. The summed E-state index contributed by atoms with van der Waals surface area (Å²) in [6.45, 7) is 1.95. The maximum Gasteiger partial charge on any atom is 0.126 e. The summed E-state index contributed by atoms with van der Waals surface area (Å²) in [5.41, 5.74) is 8.33. The van der Waals surface area contributed by atoms with E-state index in [-0.39, 0.29) is 0 Å². The van der Waals surface area contributed by atoms with Gasteiger partial charge in [-0.2, -0.15) is 0 Å². The Bertz CT molecular complexity index is 517. The van der Waals surface area contributed by atoms with Gasteiger partial charge in [-0.15, -0.1) is 0 Å². The number of rotatable bonds is 2. The minimum Gasteiger partial charge on any atom is -0.320 e. The van der Waals surface area contributed by atoms with E-state index in [0.29, 0.717) is 5.56 Å². The third kappa shape index (κ3) is 2.68. The van der Waals surface area contributed by atoms with Crippen molar-refractivity contribution >= 4 is 0 Å². The topological polar surface area (TPSA) is 26.0 Å². The highest BCUT2D eigenvalue weighted by Gasteiger charge is 2.11. The van der Waals surface area contributed by atoms with Gasteiger partial charge >= 0.3 is 0 Å². The lowest BCUT2D eigenvalue weighted by Gasteiger charge is -2.13. The first kappa shape index (κ1) is 11.7. The Morgan fingerprint density at radius 1 is 0.941 bits per heavy atom. The molecule has 1 atom stereocenters. The van der Waals surface area contributed by atoms with Gasteiger partial charge in [0.2, 0.25) is 0 Å². The van der Waals surface area contributed by atoms with Gasteiger partial charge in [-0.1, -0.05) is 29.8 Å². The molecule has 2 aromatic carbocycles. The summed E-state index contributed by atoms with van der Waals surface area (Å²) in [6.07, 6.45) is 0. The second-order valence-corrected chi connectivity index (χ2v) is 4.09. The zero-order valence-corrected chi connectivity index (χ0v) is 9.45. The minimum absolute atomic E-state index is 0.438. The fourth-order valence-electron chi connectivity index (χ4n) is 1.81. The standard InChI is InChI=1S/C14H13F2N/c1-9-3-2-4-10(5-9)14(17)11-6-12(15)8-13(16)7-11/h2-8,14H,17H2,1H3. The Balaban J connectivity index is 2.39. The van der Waals surface area contributed by atoms with Gasteiger partial charge in [-0.05, 0) is 30.2 Å². The second kappa shape index (κ2) is 4.63. The lowest BCUT2D eigenvalue weighted by atomic mass is 9.98. The molecule has 0 spiro atoms. The van der Waals surface area contributed by atoms with Crippen molar-refractivity contribution in [2.45, 2.75) is 13.0 Å². The lowest BCUT2D eigenvalue weighted by Crippen LogP contribution is -2.12. The molecule has 0 bridgehead atoms. The molecular formula is C14H13F2N. The van der Waals surface area contributed by atoms with E-state index >= 15 is 0 Å². The number of benzene rings is 2. The van der Waals surface area contributed by atoms with Crippen LogP contribution in [0.1, 0.15) is 22.7 Å². The summed E-state index contributed by atoms with van der Waals surface area (Å²) in [7, 11) is 0. The van der Waals surface area contributed by atoms with Crippen LogP contribution in [0.3, 0.4) is 0 Å². The predicted octanol–water partition coefficient (Wildman–Crippen LogP) is 3.32. The molecule has 88 valence electrons. The molecule has 1 unspecified atom stereocenters. The fourth-order valence-corrected chi connectivity index (χ4v) is 1.81. The molecule has 0 aliphatic rings. The predicted molar refractivity (Wildman–Crippen MR) is 63.6 cm³/mol. The summed E-state index contributed by atoms with van der Waals surface area (Å²) >= 11 is 0. The first-order chi connectivity index (χ1) is 8.06. The summed E-state index contributed by atoms with van der Waals surface area (Å²) in [4.78, 5) is 0. The molecule has 0 radical (unpaired) electrons. The van der Waals surface area contributed by atoms with Gasteiger partial charge in [-0.3, -0.25) is 0 Å². The smallest absolute Gasteiger partial charge is 0.126 e. The van der Waals surface area contributed by atoms with E-state index in [0.717, 1.165) is 17.2 Å². The van der Waals surface area contributed by atoms with E-state index in [1.807, 2.05) is 31.2 Å². The van der Waals surface area contributed by atoms with Crippen molar-refractivity contribution in [2.75, 3.05) is 0 Å². The Kier molecular flexibility index (Phi) is 3.20. The number of hydrogen-bond donors (Lipinski definition) is 1. The highest BCUT2D eigenvalue weighted by atomic mass is 19.1. The van der Waals surface area contributed by atoms with Crippen LogP contribution in [0.15, 0.2) is 42.5 Å². The van der Waals surface area contributed by atoms with Gasteiger partial charge < -0.3 is 5.73 Å². The number of hydrogen-bond acceptors (Lipinski definition) is 1. The van der Waals surface area contributed by atoms with E-state index in [1.54, 1.807) is 0 Å². The second-order valence-electron chi connectivity index (χ2n) is 4.09. The van der Waals surface area contributed by atoms with Crippen molar-refractivity contribution in [3.63, 3.8) is 0 Å². The molecular weight excluding hydrogens is 220 g/mol. The van der Waals surface area contributed by atoms with Crippen LogP contribution >= 0.6 is 0 Å². The van der Waals surface area contributed by atoms with E-state index in [2.05, 4.69) is 0 Å². The van der Waals surface area contributed by atoms with E-state index in [9.17, 15) is 8.78 Å². The highest BCUT2D eigenvalue weighted by Crippen LogP contribution is 2.22. The van der Waals surface area contributed by atoms with Crippen molar-refractivity contribution < 1.29 is 8.78 Å². The van der Waals surface area contributed by atoms with Gasteiger partial charge in [0.1, 0.15) is 11.6 Å². The summed E-state index contributed by atoms with van der Waals surface area (Å²) < 4.78 is 26.2. The summed E-state index contributed by atoms with van der Waals surface area (Å²) in [5, 5.41) is 0. The van der Waals surface area contributed by atoms with Crippen molar-refractivity contribution in [3.05, 3.63) is 70.8 Å². The molecule has 2 rings (SSSR count). The van der Waals surface area contributed by atoms with Crippen LogP contribution in [-0.4, -0.2) is 0 Å². The normalized spacial score (nSPS) is 12.5. The third-order valence-corrected chi connectivity index (χ3v) is 2.65. The maximum atomic E-state index is 13.1. The van der Waals surface area contributed by atoms with Crippen LogP contribution in [0.25, 0.3) is 0 Å². The zero-order valence-electron chi connectivity index (χ0n) is 9.45. The molecule has 0 amide bonds. The monoisotopic (exact) mass is 233 g/mol. The molecule has 0 heterocycles. The quantitative estimate of drug-likeness (QED) is 0.846. The molecule has 0 saturated carbocycles. The average molecular weight is 233 g/mol. The van der Waals surface area contributed by atoms with Gasteiger partial charge in [-0.25, -0.2) is 8.78 Å². The molecule has 0 fully saturated rings. The molecule has 0 saturated heterocycles. The molecule has 3 heteroatoms. The molecule has 17 heavy (non-hydrogen) atoms. The van der Waals surface area contributed by atoms with Crippen molar-refractivity contribution in [2.24, 2.45) is 5.73 Å². The third-order valence-electron chi connectivity index (χ3n) is 2.65. The molecule has 0 aromatic heterocycles. The minimum atomic E-state index is -0.608. The molecule has 2 aromatic rings. The Morgan fingerprint density at radius 2 is 1.59 bits per heavy atom. The summed E-state index contributed by atoms with van der Waals surface area (Å²) in [5.74, 6) is -1.22. The highest BCUT2D eigenvalue weighted by molar-refractivity contribution is 5.33. The average Bonchev–Trinajstić information content (AvgIpc) is 2.26. The lowest BCUT2D eigenvalue weighted by molar-refractivity contribution is 0.577. The molecule has 1 nitrogen and oxygen atoms in total. The summed E-state index contributed by atoms with van der Waals surface area (Å²) in [6, 6.07) is 10.4. The van der Waals surface area contributed by atoms with Crippen LogP contribution in [0, 0.1) is 18.6 Å². The van der Waals surface area contributed by atoms with Crippen molar-refractivity contribution in [3.8, 4) is 0 Å². The van der Waals surface area contributed by atoms with Crippen LogP contribution in [0.2, 0.25) is 0 Å². The van der Waals surface area contributed by atoms with E-state index < -0.39 is 17.7 Å². The fraction of sp³-hybridized carbons (Fsp3) is 0.143. The Labute approximate surface area is 98.9 Å². The van der Waals surface area contributed by atoms with Gasteiger partial charge in [0.25, 0.3) is 0 Å². The zero-order chi connectivity index (χ0) is 12.4. The van der Waals surface area contributed by atoms with E-state index in [4.69, 9.17) is 5.73 Å². The van der Waals surface area contributed by atoms with E-state index in [1.165, 1.54) is 12.1 Å². The Morgan fingerprint density at radius 3 is 2.18 bits per heavy atom. The molecule has 2 N–H and O–H groups in total.